The van der Waals surface area contributed by atoms with Crippen LogP contribution in [0.15, 0.2) is 60.8 Å². The molecule has 2 unspecified atom stereocenters. The summed E-state index contributed by atoms with van der Waals surface area (Å²) in [5.41, 5.74) is 4.43. The highest BCUT2D eigenvalue weighted by Crippen LogP contribution is 2.49. The number of rotatable bonds is 12. The molecular formula is C57H60F2N8O5. The monoisotopic (exact) mass is 974 g/mol. The maximum Gasteiger partial charge on any atom is 0.319 e. The van der Waals surface area contributed by atoms with Gasteiger partial charge in [0.1, 0.15) is 40.1 Å². The number of nitrogens with one attached hydrogen (secondary N) is 1. The van der Waals surface area contributed by atoms with Crippen LogP contribution in [-0.4, -0.2) is 115 Å². The van der Waals surface area contributed by atoms with E-state index in [-0.39, 0.29) is 73.8 Å². The van der Waals surface area contributed by atoms with Gasteiger partial charge in [-0.25, -0.2) is 8.78 Å². The molecule has 2 atom stereocenters. The quantitative estimate of drug-likeness (QED) is 0.0872. The molecule has 5 fully saturated rings. The minimum atomic E-state index is -0.725. The van der Waals surface area contributed by atoms with Gasteiger partial charge in [-0.3, -0.25) is 14.7 Å². The molecule has 7 heterocycles. The number of carbonyl (C=O) groups is 1. The van der Waals surface area contributed by atoms with Crippen LogP contribution in [0.3, 0.4) is 0 Å². The summed E-state index contributed by atoms with van der Waals surface area (Å²) < 4.78 is 38.7. The minimum absolute atomic E-state index is 0.000686. The number of pyridine rings is 1. The third-order valence-corrected chi connectivity index (χ3v) is 16.6. The van der Waals surface area contributed by atoms with Gasteiger partial charge in [0.25, 0.3) is 5.91 Å². The number of aromatic nitrogens is 3. The van der Waals surface area contributed by atoms with E-state index >= 15 is 8.78 Å². The molecule has 4 saturated heterocycles. The molecule has 372 valence electrons. The molecular weight excluding hydrogens is 915 g/mol. The average Bonchev–Trinajstić information content (AvgIpc) is 3.86. The lowest BCUT2D eigenvalue weighted by molar-refractivity contribution is 0.00806. The molecule has 4 aromatic carbocycles. The van der Waals surface area contributed by atoms with Crippen LogP contribution in [0.2, 0.25) is 0 Å². The SMILES string of the molecule is C#Cc1c(F)ccc2cc(O)cc(-c3ncc4c(N5CC6CCC(C5)N6)nc(OCC5(CN6CC(C7CCN(Cc8ccc9c(c8)CN(C(=O)c8cc(C(C)C)c(O)cc8O)C9)CC7)C6)CC5)nc4c3F)c12. The van der Waals surface area contributed by atoms with Crippen LogP contribution in [0.4, 0.5) is 14.6 Å². The van der Waals surface area contributed by atoms with Crippen LogP contribution in [-0.2, 0) is 19.6 Å². The number of carbonyl (C=O) groups excluding carboxylic acids is 1. The topological polar surface area (TPSA) is 151 Å². The summed E-state index contributed by atoms with van der Waals surface area (Å²) in [5, 5.41) is 36.4. The fourth-order valence-corrected chi connectivity index (χ4v) is 12.4. The maximum atomic E-state index is 17.1. The van der Waals surface area contributed by atoms with Crippen molar-refractivity contribution in [3.63, 3.8) is 0 Å². The number of hydrogen-bond acceptors (Lipinski definition) is 12. The summed E-state index contributed by atoms with van der Waals surface area (Å²) >= 11 is 0. The Morgan fingerprint density at radius 2 is 1.65 bits per heavy atom. The number of fused-ring (bicyclic) bond motifs is 5. The first-order valence-corrected chi connectivity index (χ1v) is 25.6. The molecule has 0 radical (unpaired) electrons. The number of anilines is 1. The molecule has 6 aromatic rings. The lowest BCUT2D eigenvalue weighted by Crippen LogP contribution is -2.54. The lowest BCUT2D eigenvalue weighted by atomic mass is 9.79. The van der Waals surface area contributed by atoms with E-state index in [0.717, 1.165) is 76.1 Å². The highest BCUT2D eigenvalue weighted by molar-refractivity contribution is 6.03. The van der Waals surface area contributed by atoms with Crippen molar-refractivity contribution in [1.82, 2.24) is 35.0 Å². The maximum absolute atomic E-state index is 17.1. The van der Waals surface area contributed by atoms with Gasteiger partial charge in [0, 0.05) is 93.1 Å². The van der Waals surface area contributed by atoms with E-state index < -0.39 is 11.6 Å². The summed E-state index contributed by atoms with van der Waals surface area (Å²) in [6, 6.07) is 15.7. The summed E-state index contributed by atoms with van der Waals surface area (Å²) in [7, 11) is 0. The second kappa shape index (κ2) is 18.2. The van der Waals surface area contributed by atoms with Gasteiger partial charge < -0.3 is 40.1 Å². The number of aromatic hydroxyl groups is 3. The molecule has 15 heteroatoms. The number of nitrogens with zero attached hydrogens (tertiary/aromatic N) is 7. The van der Waals surface area contributed by atoms with Crippen LogP contribution in [0.1, 0.15) is 96.5 Å². The number of terminal acetylenes is 1. The fourth-order valence-electron chi connectivity index (χ4n) is 12.4. The second-order valence-corrected chi connectivity index (χ2v) is 21.9. The van der Waals surface area contributed by atoms with Crippen LogP contribution < -0.4 is 15.0 Å². The van der Waals surface area contributed by atoms with E-state index in [0.29, 0.717) is 78.9 Å². The molecule has 72 heavy (non-hydrogen) atoms. The average molecular weight is 975 g/mol. The molecule has 2 bridgehead atoms. The molecule has 1 saturated carbocycles. The number of piperazine rings is 1. The van der Waals surface area contributed by atoms with Gasteiger partial charge in [0.15, 0.2) is 5.82 Å². The standard InChI is InChI=1S/C57H60F2N8O5/c1-4-42-47(58)10-7-35-18-41(68)19-45(50(35)42)52-51(59)53-46(22-60-52)54(66-28-39-8-9-40(29-66)61-39)63-56(62-53)72-31-57(13-14-57)30-65-24-38(25-65)34-11-15-64(16-12-34)23-33-5-6-36-26-67(27-37(36)17-33)55(71)44-20-43(32(2)3)48(69)21-49(44)70/h1,5-7,10,17-22,32,34,38-40,61,68-70H,8-9,11-16,23-31H2,2-3H3. The third kappa shape index (κ3) is 8.60. The minimum Gasteiger partial charge on any atom is -0.508 e. The van der Waals surface area contributed by atoms with Crippen molar-refractivity contribution < 1.29 is 33.6 Å². The number of ether oxygens (including phenoxy) is 1. The van der Waals surface area contributed by atoms with Crippen molar-refractivity contribution in [1.29, 1.82) is 0 Å². The van der Waals surface area contributed by atoms with E-state index in [9.17, 15) is 20.1 Å². The number of phenols is 3. The smallest absolute Gasteiger partial charge is 0.319 e. The van der Waals surface area contributed by atoms with Crippen molar-refractivity contribution in [2.24, 2.45) is 17.3 Å². The summed E-state index contributed by atoms with van der Waals surface area (Å²) in [6.45, 7) is 12.8. The largest absolute Gasteiger partial charge is 0.508 e. The first-order chi connectivity index (χ1) is 34.8. The molecule has 4 N–H and O–H groups in total. The number of piperidine rings is 1. The molecule has 12 rings (SSSR count). The fraction of sp³-hybridized carbons (Fsp3) is 0.439. The first-order valence-electron chi connectivity index (χ1n) is 25.6. The van der Waals surface area contributed by atoms with E-state index in [1.807, 2.05) is 13.8 Å². The molecule has 2 aromatic heterocycles. The van der Waals surface area contributed by atoms with E-state index in [2.05, 4.69) is 49.1 Å². The molecule has 1 aliphatic carbocycles. The van der Waals surface area contributed by atoms with Crippen molar-refractivity contribution in [2.75, 3.05) is 57.3 Å². The van der Waals surface area contributed by atoms with Gasteiger partial charge in [0.05, 0.1) is 23.1 Å². The van der Waals surface area contributed by atoms with E-state index in [1.54, 1.807) is 17.2 Å². The van der Waals surface area contributed by atoms with Gasteiger partial charge in [0.2, 0.25) is 0 Å². The normalized spacial score (nSPS) is 21.1. The van der Waals surface area contributed by atoms with Crippen molar-refractivity contribution in [2.45, 2.75) is 90.0 Å². The Labute approximate surface area is 417 Å². The van der Waals surface area contributed by atoms with E-state index in [1.165, 1.54) is 48.7 Å². The third-order valence-electron chi connectivity index (χ3n) is 16.6. The number of halogens is 2. The highest BCUT2D eigenvalue weighted by atomic mass is 19.1. The number of amides is 1. The van der Waals surface area contributed by atoms with Gasteiger partial charge in [-0.1, -0.05) is 44.0 Å². The number of hydrogen-bond donors (Lipinski definition) is 4. The van der Waals surface area contributed by atoms with Crippen molar-refractivity contribution >= 4 is 33.4 Å². The Bertz CT molecular complexity index is 3190. The molecule has 0 spiro atoms. The summed E-state index contributed by atoms with van der Waals surface area (Å²) in [6.07, 6.45) is 13.9. The summed E-state index contributed by atoms with van der Waals surface area (Å²) in [5.74, 6) is 2.44. The number of benzene rings is 4. The zero-order valence-corrected chi connectivity index (χ0v) is 40.8. The first kappa shape index (κ1) is 46.5. The van der Waals surface area contributed by atoms with Gasteiger partial charge in [-0.05, 0) is 121 Å². The van der Waals surface area contributed by atoms with E-state index in [4.69, 9.17) is 21.1 Å². The predicted molar refractivity (Wildman–Crippen MR) is 271 cm³/mol. The van der Waals surface area contributed by atoms with Crippen LogP contribution in [0.5, 0.6) is 23.3 Å². The van der Waals surface area contributed by atoms with Gasteiger partial charge in [-0.15, -0.1) is 6.42 Å². The Morgan fingerprint density at radius 1 is 0.889 bits per heavy atom. The van der Waals surface area contributed by atoms with Crippen molar-refractivity contribution in [3.8, 4) is 46.9 Å². The van der Waals surface area contributed by atoms with Crippen molar-refractivity contribution in [3.05, 3.63) is 106 Å². The summed E-state index contributed by atoms with van der Waals surface area (Å²) in [4.78, 5) is 36.9. The Morgan fingerprint density at radius 3 is 2.39 bits per heavy atom. The molecule has 1 amide bonds. The van der Waals surface area contributed by atoms with Crippen LogP contribution >= 0.6 is 0 Å². The lowest BCUT2D eigenvalue weighted by Gasteiger charge is -2.47. The van der Waals surface area contributed by atoms with Gasteiger partial charge in [-0.2, -0.15) is 9.97 Å². The Hall–Kier alpha value is -6.60. The Kier molecular flexibility index (Phi) is 11.7. The van der Waals surface area contributed by atoms with Crippen LogP contribution in [0.25, 0.3) is 32.9 Å². The molecule has 5 aliphatic heterocycles. The number of phenolic OH excluding ortho intramolecular Hbond substituents is 3. The zero-order valence-electron chi connectivity index (χ0n) is 40.8. The molecule has 13 nitrogen and oxygen atoms in total. The predicted octanol–water partition coefficient (Wildman–Crippen LogP) is 8.44. The highest BCUT2D eigenvalue weighted by Gasteiger charge is 2.48. The van der Waals surface area contributed by atoms with Gasteiger partial charge >= 0.3 is 6.01 Å². The zero-order chi connectivity index (χ0) is 49.6. The second-order valence-electron chi connectivity index (χ2n) is 21.9. The molecule has 6 aliphatic rings. The van der Waals surface area contributed by atoms with Crippen LogP contribution in [0, 0.1) is 41.2 Å². The Balaban J connectivity index is 0.678. The number of likely N-dealkylation sites (tertiary alicyclic amines) is 2.